The van der Waals surface area contributed by atoms with Crippen molar-refractivity contribution in [2.75, 3.05) is 13.2 Å². The van der Waals surface area contributed by atoms with Crippen molar-refractivity contribution in [1.82, 2.24) is 0 Å². The third kappa shape index (κ3) is 5.13. The van der Waals surface area contributed by atoms with Gasteiger partial charge in [0.05, 0.1) is 6.10 Å². The fourth-order valence-electron chi connectivity index (χ4n) is 3.45. The molecular weight excluding hydrogens is 268 g/mol. The molecule has 0 radical (unpaired) electrons. The van der Waals surface area contributed by atoms with Gasteiger partial charge in [0, 0.05) is 19.1 Å². The first-order valence-corrected chi connectivity index (χ1v) is 10.3. The Labute approximate surface area is 126 Å². The molecule has 0 aromatic heterocycles. The van der Waals surface area contributed by atoms with Crippen molar-refractivity contribution in [3.05, 3.63) is 0 Å². The van der Waals surface area contributed by atoms with E-state index in [1.807, 2.05) is 6.92 Å². The third-order valence-electron chi connectivity index (χ3n) is 4.65. The minimum Gasteiger partial charge on any atom is -0.416 e. The summed E-state index contributed by atoms with van der Waals surface area (Å²) in [6, 6.07) is 0. The van der Waals surface area contributed by atoms with Crippen molar-refractivity contribution < 1.29 is 14.6 Å². The highest BCUT2D eigenvalue weighted by Crippen LogP contribution is 2.42. The van der Waals surface area contributed by atoms with Gasteiger partial charge in [0.25, 0.3) is 0 Å². The lowest BCUT2D eigenvalue weighted by atomic mass is 10.0. The zero-order valence-electron chi connectivity index (χ0n) is 14.5. The van der Waals surface area contributed by atoms with Crippen LogP contribution in [0.4, 0.5) is 0 Å². The van der Waals surface area contributed by atoms with Crippen LogP contribution in [0.15, 0.2) is 0 Å². The molecule has 0 aromatic carbocycles. The van der Waals surface area contributed by atoms with Crippen molar-refractivity contribution in [2.24, 2.45) is 5.92 Å². The van der Waals surface area contributed by atoms with Crippen LogP contribution in [0.2, 0.25) is 16.6 Å². The molecule has 122 valence electrons. The van der Waals surface area contributed by atoms with Crippen molar-refractivity contribution in [1.29, 1.82) is 0 Å². The maximum atomic E-state index is 9.87. The average Bonchev–Trinajstić information content (AvgIpc) is 2.35. The van der Waals surface area contributed by atoms with Gasteiger partial charge in [-0.3, -0.25) is 0 Å². The van der Waals surface area contributed by atoms with E-state index >= 15 is 0 Å². The molecule has 0 aliphatic carbocycles. The van der Waals surface area contributed by atoms with Crippen LogP contribution in [0.1, 0.15) is 61.3 Å². The number of rotatable bonds is 10. The van der Waals surface area contributed by atoms with Gasteiger partial charge in [-0.15, -0.1) is 0 Å². The van der Waals surface area contributed by atoms with Crippen molar-refractivity contribution in [3.63, 3.8) is 0 Å². The zero-order valence-corrected chi connectivity index (χ0v) is 15.5. The van der Waals surface area contributed by atoms with Gasteiger partial charge in [0.1, 0.15) is 0 Å². The standard InChI is InChI=1S/C16H36O3Si/c1-12(2)20(13(3)4,14(5)6)19-10-8-9-16(18)15(7)11-17/h12-18H,8-11H2,1-7H3/t15-,16-/m1/s1. The second kappa shape index (κ2) is 9.18. The fraction of sp³-hybridized carbons (Fsp3) is 1.00. The molecule has 0 rings (SSSR count). The summed E-state index contributed by atoms with van der Waals surface area (Å²) in [7, 11) is -1.77. The summed E-state index contributed by atoms with van der Waals surface area (Å²) in [6.45, 7) is 16.4. The first kappa shape index (κ1) is 20.1. The fourth-order valence-corrected chi connectivity index (χ4v) is 8.95. The van der Waals surface area contributed by atoms with Crippen LogP contribution in [0, 0.1) is 5.92 Å². The highest BCUT2D eigenvalue weighted by molar-refractivity contribution is 6.77. The monoisotopic (exact) mass is 304 g/mol. The molecule has 0 aromatic rings. The van der Waals surface area contributed by atoms with Gasteiger partial charge in [-0.1, -0.05) is 48.5 Å². The second-order valence-electron chi connectivity index (χ2n) is 7.04. The Hall–Kier alpha value is 0.0969. The lowest BCUT2D eigenvalue weighted by Gasteiger charge is -2.42. The molecule has 0 bridgehead atoms. The molecule has 2 N–H and O–H groups in total. The third-order valence-corrected chi connectivity index (χ3v) is 10.8. The quantitative estimate of drug-likeness (QED) is 0.474. The van der Waals surface area contributed by atoms with Crippen molar-refractivity contribution in [3.8, 4) is 0 Å². The molecule has 0 amide bonds. The summed E-state index contributed by atoms with van der Waals surface area (Å²) in [5.74, 6) is -0.0442. The maximum Gasteiger partial charge on any atom is 0.200 e. The highest BCUT2D eigenvalue weighted by Gasteiger charge is 2.44. The largest absolute Gasteiger partial charge is 0.416 e. The molecular formula is C16H36O3Si. The minimum atomic E-state index is -1.77. The first-order chi connectivity index (χ1) is 9.20. The average molecular weight is 305 g/mol. The highest BCUT2D eigenvalue weighted by atomic mass is 28.4. The summed E-state index contributed by atoms with van der Waals surface area (Å²) in [6.07, 6.45) is 1.16. The summed E-state index contributed by atoms with van der Waals surface area (Å²) in [5.41, 5.74) is 1.80. The summed E-state index contributed by atoms with van der Waals surface area (Å²) in [4.78, 5) is 0. The molecule has 0 aliphatic rings. The predicted molar refractivity (Wildman–Crippen MR) is 88.5 cm³/mol. The molecule has 0 aliphatic heterocycles. The van der Waals surface area contributed by atoms with Crippen LogP contribution in [0.25, 0.3) is 0 Å². The van der Waals surface area contributed by atoms with Crippen LogP contribution in [0.5, 0.6) is 0 Å². The normalized spacial score (nSPS) is 16.2. The van der Waals surface area contributed by atoms with E-state index in [1.54, 1.807) is 0 Å². The van der Waals surface area contributed by atoms with Gasteiger partial charge >= 0.3 is 0 Å². The van der Waals surface area contributed by atoms with E-state index in [0.29, 0.717) is 23.0 Å². The van der Waals surface area contributed by atoms with Crippen LogP contribution >= 0.6 is 0 Å². The Balaban J connectivity index is 4.43. The molecule has 0 unspecified atom stereocenters. The molecule has 4 heteroatoms. The maximum absolute atomic E-state index is 9.87. The Kier molecular flexibility index (Phi) is 9.23. The number of hydrogen-bond donors (Lipinski definition) is 2. The lowest BCUT2D eigenvalue weighted by Crippen LogP contribution is -2.48. The van der Waals surface area contributed by atoms with E-state index in [2.05, 4.69) is 41.5 Å². The minimum absolute atomic E-state index is 0.0442. The summed E-state index contributed by atoms with van der Waals surface area (Å²) >= 11 is 0. The second-order valence-corrected chi connectivity index (χ2v) is 12.5. The van der Waals surface area contributed by atoms with E-state index < -0.39 is 14.4 Å². The molecule has 0 heterocycles. The zero-order chi connectivity index (χ0) is 15.9. The SMILES string of the molecule is CC(C)[Si](OCCC[C@@H](O)[C@H](C)CO)(C(C)C)C(C)C. The lowest BCUT2D eigenvalue weighted by molar-refractivity contribution is 0.0650. The molecule has 20 heavy (non-hydrogen) atoms. The van der Waals surface area contributed by atoms with Crippen LogP contribution < -0.4 is 0 Å². The van der Waals surface area contributed by atoms with Crippen LogP contribution in [-0.4, -0.2) is 37.8 Å². The number of aliphatic hydroxyl groups excluding tert-OH is 2. The molecule has 2 atom stereocenters. The van der Waals surface area contributed by atoms with E-state index in [9.17, 15) is 5.11 Å². The first-order valence-electron chi connectivity index (χ1n) is 8.12. The van der Waals surface area contributed by atoms with Gasteiger partial charge in [-0.25, -0.2) is 0 Å². The molecule has 0 saturated carbocycles. The number of aliphatic hydroxyl groups is 2. The number of hydrogen-bond acceptors (Lipinski definition) is 3. The Bertz CT molecular complexity index is 232. The van der Waals surface area contributed by atoms with E-state index in [0.717, 1.165) is 13.0 Å². The van der Waals surface area contributed by atoms with Crippen LogP contribution in [0.3, 0.4) is 0 Å². The summed E-state index contributed by atoms with van der Waals surface area (Å²) in [5, 5.41) is 18.9. The Morgan fingerprint density at radius 1 is 0.900 bits per heavy atom. The van der Waals surface area contributed by atoms with E-state index in [-0.39, 0.29) is 12.5 Å². The van der Waals surface area contributed by atoms with Gasteiger partial charge in [-0.05, 0) is 29.5 Å². The molecule has 0 saturated heterocycles. The summed E-state index contributed by atoms with van der Waals surface area (Å²) < 4.78 is 6.44. The van der Waals surface area contributed by atoms with Crippen LogP contribution in [-0.2, 0) is 4.43 Å². The Morgan fingerprint density at radius 3 is 1.70 bits per heavy atom. The van der Waals surface area contributed by atoms with Gasteiger partial charge in [0.2, 0.25) is 0 Å². The smallest absolute Gasteiger partial charge is 0.200 e. The van der Waals surface area contributed by atoms with E-state index in [1.165, 1.54) is 0 Å². The molecule has 3 nitrogen and oxygen atoms in total. The van der Waals surface area contributed by atoms with Crippen molar-refractivity contribution >= 4 is 8.32 Å². The predicted octanol–water partition coefficient (Wildman–Crippen LogP) is 3.95. The van der Waals surface area contributed by atoms with E-state index in [4.69, 9.17) is 9.53 Å². The van der Waals surface area contributed by atoms with Gasteiger partial charge in [-0.2, -0.15) is 0 Å². The van der Waals surface area contributed by atoms with Gasteiger partial charge < -0.3 is 14.6 Å². The van der Waals surface area contributed by atoms with Crippen molar-refractivity contribution in [2.45, 2.75) is 84.0 Å². The topological polar surface area (TPSA) is 49.7 Å². The molecule has 0 fully saturated rings. The Morgan fingerprint density at radius 2 is 1.35 bits per heavy atom. The van der Waals surface area contributed by atoms with Gasteiger partial charge in [0.15, 0.2) is 8.32 Å². The molecule has 0 spiro atoms.